The standard InChI is InChI=1S/C15H14BrN5O2S2/c1-8(2)13-19-20-14(25-13)17-11(22)7-24-15-21-18-12(23-15)9-3-5-10(16)6-4-9/h3-6,8H,7H2,1-2H3,(H,17,20,22). The van der Waals surface area contributed by atoms with Gasteiger partial charge in [0.2, 0.25) is 16.9 Å². The molecular weight excluding hydrogens is 426 g/mol. The minimum atomic E-state index is -0.195. The Morgan fingerprint density at radius 3 is 2.68 bits per heavy atom. The zero-order valence-corrected chi connectivity index (χ0v) is 16.6. The predicted molar refractivity (Wildman–Crippen MR) is 101 cm³/mol. The van der Waals surface area contributed by atoms with Crippen molar-refractivity contribution in [3.63, 3.8) is 0 Å². The predicted octanol–water partition coefficient (Wildman–Crippen LogP) is 4.20. The number of amides is 1. The number of nitrogens with one attached hydrogen (secondary N) is 1. The summed E-state index contributed by atoms with van der Waals surface area (Å²) < 4.78 is 6.54. The van der Waals surface area contributed by atoms with Gasteiger partial charge >= 0.3 is 0 Å². The Hall–Kier alpha value is -1.78. The topological polar surface area (TPSA) is 93.8 Å². The number of carbonyl (C=O) groups is 1. The van der Waals surface area contributed by atoms with Crippen LogP contribution in [0.4, 0.5) is 5.13 Å². The Bertz CT molecular complexity index is 863. The van der Waals surface area contributed by atoms with Crippen LogP contribution < -0.4 is 5.32 Å². The molecule has 3 aromatic rings. The van der Waals surface area contributed by atoms with Crippen LogP contribution in [0.2, 0.25) is 0 Å². The molecule has 0 saturated heterocycles. The minimum absolute atomic E-state index is 0.151. The molecule has 0 saturated carbocycles. The summed E-state index contributed by atoms with van der Waals surface area (Å²) in [6.45, 7) is 4.06. The lowest BCUT2D eigenvalue weighted by Crippen LogP contribution is -2.13. The SMILES string of the molecule is CC(C)c1nnc(NC(=O)CSc2nnc(-c3ccc(Br)cc3)o2)s1. The molecule has 0 radical (unpaired) electrons. The number of hydrogen-bond acceptors (Lipinski definition) is 8. The van der Waals surface area contributed by atoms with Crippen LogP contribution in [-0.4, -0.2) is 32.1 Å². The van der Waals surface area contributed by atoms with Gasteiger partial charge in [-0.15, -0.1) is 20.4 Å². The van der Waals surface area contributed by atoms with Gasteiger partial charge in [-0.05, 0) is 24.3 Å². The number of carbonyl (C=O) groups excluding carboxylic acids is 1. The van der Waals surface area contributed by atoms with Crippen molar-refractivity contribution in [2.45, 2.75) is 25.0 Å². The number of rotatable bonds is 6. The number of hydrogen-bond donors (Lipinski definition) is 1. The second-order valence-electron chi connectivity index (χ2n) is 5.32. The Labute approximate surface area is 160 Å². The Morgan fingerprint density at radius 1 is 1.24 bits per heavy atom. The zero-order chi connectivity index (χ0) is 17.8. The number of halogens is 1. The molecule has 0 unspecified atom stereocenters. The third-order valence-electron chi connectivity index (χ3n) is 3.01. The van der Waals surface area contributed by atoms with Crippen molar-refractivity contribution < 1.29 is 9.21 Å². The number of benzene rings is 1. The molecule has 3 rings (SSSR count). The lowest BCUT2D eigenvalue weighted by molar-refractivity contribution is -0.113. The highest BCUT2D eigenvalue weighted by Gasteiger charge is 2.13. The minimum Gasteiger partial charge on any atom is -0.411 e. The van der Waals surface area contributed by atoms with Gasteiger partial charge in [0.1, 0.15) is 5.01 Å². The second-order valence-corrected chi connectivity index (χ2v) is 8.17. The first kappa shape index (κ1) is 18.0. The van der Waals surface area contributed by atoms with Crippen LogP contribution in [0.15, 0.2) is 38.4 Å². The van der Waals surface area contributed by atoms with Gasteiger partial charge in [0.25, 0.3) is 5.22 Å². The fourth-order valence-electron chi connectivity index (χ4n) is 1.78. The quantitative estimate of drug-likeness (QED) is 0.574. The maximum absolute atomic E-state index is 12.0. The van der Waals surface area contributed by atoms with Crippen LogP contribution in [0.3, 0.4) is 0 Å². The molecule has 1 N–H and O–H groups in total. The summed E-state index contributed by atoms with van der Waals surface area (Å²) in [6, 6.07) is 7.54. The number of nitrogens with zero attached hydrogens (tertiary/aromatic N) is 4. The molecule has 0 atom stereocenters. The lowest BCUT2D eigenvalue weighted by atomic mass is 10.2. The summed E-state index contributed by atoms with van der Waals surface area (Å²) in [5.74, 6) is 0.660. The van der Waals surface area contributed by atoms with Crippen molar-refractivity contribution in [1.82, 2.24) is 20.4 Å². The summed E-state index contributed by atoms with van der Waals surface area (Å²) in [5, 5.41) is 20.4. The van der Waals surface area contributed by atoms with Crippen molar-refractivity contribution in [2.24, 2.45) is 0 Å². The van der Waals surface area contributed by atoms with Crippen molar-refractivity contribution in [1.29, 1.82) is 0 Å². The third-order valence-corrected chi connectivity index (χ3v) is 5.49. The van der Waals surface area contributed by atoms with E-state index < -0.39 is 0 Å². The molecule has 0 aliphatic rings. The molecule has 1 amide bonds. The molecule has 0 bridgehead atoms. The zero-order valence-electron chi connectivity index (χ0n) is 13.4. The summed E-state index contributed by atoms with van der Waals surface area (Å²) in [6.07, 6.45) is 0. The smallest absolute Gasteiger partial charge is 0.277 e. The molecular formula is C15H14BrN5O2S2. The van der Waals surface area contributed by atoms with Crippen LogP contribution in [0.1, 0.15) is 24.8 Å². The molecule has 2 heterocycles. The van der Waals surface area contributed by atoms with E-state index in [1.165, 1.54) is 23.1 Å². The van der Waals surface area contributed by atoms with Gasteiger partial charge in [-0.1, -0.05) is 52.9 Å². The van der Waals surface area contributed by atoms with E-state index in [0.717, 1.165) is 15.0 Å². The van der Waals surface area contributed by atoms with E-state index in [1.807, 2.05) is 38.1 Å². The van der Waals surface area contributed by atoms with Crippen molar-refractivity contribution in [3.05, 3.63) is 33.7 Å². The number of thioether (sulfide) groups is 1. The molecule has 130 valence electrons. The maximum Gasteiger partial charge on any atom is 0.277 e. The van der Waals surface area contributed by atoms with Gasteiger partial charge in [0.05, 0.1) is 5.75 Å². The average molecular weight is 440 g/mol. The molecule has 25 heavy (non-hydrogen) atoms. The molecule has 1 aromatic carbocycles. The van der Waals surface area contributed by atoms with Crippen LogP contribution >= 0.6 is 39.0 Å². The normalized spacial score (nSPS) is 11.0. The summed E-state index contributed by atoms with van der Waals surface area (Å²) in [7, 11) is 0. The molecule has 0 spiro atoms. The van der Waals surface area contributed by atoms with Gasteiger partial charge in [-0.25, -0.2) is 0 Å². The van der Waals surface area contributed by atoms with Crippen molar-refractivity contribution >= 4 is 50.1 Å². The number of anilines is 1. The highest BCUT2D eigenvalue weighted by Crippen LogP contribution is 2.25. The molecule has 7 nitrogen and oxygen atoms in total. The fraction of sp³-hybridized carbons (Fsp3) is 0.267. The summed E-state index contributed by atoms with van der Waals surface area (Å²) >= 11 is 5.93. The fourth-order valence-corrected chi connectivity index (χ4v) is 3.37. The Kier molecular flexibility index (Phi) is 5.82. The Balaban J connectivity index is 1.54. The van der Waals surface area contributed by atoms with Gasteiger partial charge in [-0.2, -0.15) is 0 Å². The van der Waals surface area contributed by atoms with E-state index in [2.05, 4.69) is 41.6 Å². The van der Waals surface area contributed by atoms with Crippen LogP contribution in [-0.2, 0) is 4.79 Å². The molecule has 0 fully saturated rings. The molecule has 10 heteroatoms. The summed E-state index contributed by atoms with van der Waals surface area (Å²) in [5.41, 5.74) is 0.821. The van der Waals surface area contributed by atoms with Crippen LogP contribution in [0, 0.1) is 0 Å². The van der Waals surface area contributed by atoms with Gasteiger partial charge in [-0.3, -0.25) is 10.1 Å². The first-order chi connectivity index (χ1) is 12.0. The Morgan fingerprint density at radius 2 is 2.00 bits per heavy atom. The van der Waals surface area contributed by atoms with Crippen molar-refractivity contribution in [3.8, 4) is 11.5 Å². The van der Waals surface area contributed by atoms with Gasteiger partial charge < -0.3 is 4.42 Å². The molecule has 0 aliphatic carbocycles. The largest absolute Gasteiger partial charge is 0.411 e. The van der Waals surface area contributed by atoms with Gasteiger partial charge in [0, 0.05) is 16.0 Å². The monoisotopic (exact) mass is 439 g/mol. The van der Waals surface area contributed by atoms with Crippen LogP contribution in [0.25, 0.3) is 11.5 Å². The lowest BCUT2D eigenvalue weighted by Gasteiger charge is -1.98. The van der Waals surface area contributed by atoms with E-state index in [4.69, 9.17) is 4.42 Å². The second kappa shape index (κ2) is 8.07. The van der Waals surface area contributed by atoms with E-state index in [9.17, 15) is 4.79 Å². The van der Waals surface area contributed by atoms with E-state index in [1.54, 1.807) is 0 Å². The first-order valence-electron chi connectivity index (χ1n) is 7.37. The van der Waals surface area contributed by atoms with Crippen molar-refractivity contribution in [2.75, 3.05) is 11.1 Å². The highest BCUT2D eigenvalue weighted by atomic mass is 79.9. The molecule has 0 aliphatic heterocycles. The average Bonchev–Trinajstić information content (AvgIpc) is 3.23. The van der Waals surface area contributed by atoms with Crippen LogP contribution in [0.5, 0.6) is 0 Å². The third kappa shape index (κ3) is 4.86. The molecule has 2 aromatic heterocycles. The first-order valence-corrected chi connectivity index (χ1v) is 9.96. The number of aromatic nitrogens is 4. The van der Waals surface area contributed by atoms with Gasteiger partial charge in [0.15, 0.2) is 0 Å². The van der Waals surface area contributed by atoms with E-state index in [0.29, 0.717) is 16.2 Å². The highest BCUT2D eigenvalue weighted by molar-refractivity contribution is 9.10. The maximum atomic E-state index is 12.0. The van der Waals surface area contributed by atoms with E-state index in [-0.39, 0.29) is 17.6 Å². The van der Waals surface area contributed by atoms with E-state index >= 15 is 0 Å². The summed E-state index contributed by atoms with van der Waals surface area (Å²) in [4.78, 5) is 12.0.